The Kier molecular flexibility index (Phi) is 4.74. The zero-order chi connectivity index (χ0) is 19.0. The Morgan fingerprint density at radius 3 is 2.85 bits per heavy atom. The van der Waals surface area contributed by atoms with E-state index in [1.165, 1.54) is 0 Å². The van der Waals surface area contributed by atoms with Crippen LogP contribution >= 0.6 is 15.9 Å². The van der Waals surface area contributed by atoms with Crippen molar-refractivity contribution in [2.24, 2.45) is 16.1 Å². The van der Waals surface area contributed by atoms with Crippen LogP contribution in [0.1, 0.15) is 31.4 Å². The van der Waals surface area contributed by atoms with Gasteiger partial charge in [0.25, 0.3) is 0 Å². The Labute approximate surface area is 165 Å². The van der Waals surface area contributed by atoms with E-state index in [-0.39, 0.29) is 5.88 Å². The van der Waals surface area contributed by atoms with Crippen LogP contribution in [0.4, 0.5) is 5.69 Å². The minimum Gasteiger partial charge on any atom is -0.494 e. The van der Waals surface area contributed by atoms with Crippen molar-refractivity contribution in [3.63, 3.8) is 0 Å². The Hall–Kier alpha value is -2.60. The molecular formula is C21H20BrN3O2. The number of benzene rings is 2. The summed E-state index contributed by atoms with van der Waals surface area (Å²) >= 11 is 3.50. The molecule has 0 bridgehead atoms. The van der Waals surface area contributed by atoms with Crippen LogP contribution in [0.5, 0.6) is 5.88 Å². The molecule has 2 aromatic carbocycles. The minimum atomic E-state index is 0.0736. The van der Waals surface area contributed by atoms with E-state index in [2.05, 4.69) is 39.9 Å². The molecule has 0 spiro atoms. The number of hydrogen-bond acceptors (Lipinski definition) is 4. The number of oxime groups is 1. The van der Waals surface area contributed by atoms with E-state index >= 15 is 0 Å². The lowest BCUT2D eigenvalue weighted by atomic mass is 10.0. The smallest absolute Gasteiger partial charge is 0.199 e. The van der Waals surface area contributed by atoms with Gasteiger partial charge in [-0.3, -0.25) is 0 Å². The fraction of sp³-hybridized carbons (Fsp3) is 0.238. The number of aliphatic imine (C=N–C) groups is 1. The molecule has 2 N–H and O–H groups in total. The summed E-state index contributed by atoms with van der Waals surface area (Å²) in [5.41, 5.74) is 4.45. The van der Waals surface area contributed by atoms with Gasteiger partial charge in [0.1, 0.15) is 18.0 Å². The molecule has 1 aromatic heterocycles. The predicted molar refractivity (Wildman–Crippen MR) is 112 cm³/mol. The van der Waals surface area contributed by atoms with Crippen molar-refractivity contribution in [3.05, 3.63) is 58.1 Å². The Balaban J connectivity index is 1.80. The maximum Gasteiger partial charge on any atom is 0.199 e. The predicted octanol–water partition coefficient (Wildman–Crippen LogP) is 5.54. The van der Waals surface area contributed by atoms with Gasteiger partial charge >= 0.3 is 0 Å². The van der Waals surface area contributed by atoms with Gasteiger partial charge in [0.15, 0.2) is 5.88 Å². The van der Waals surface area contributed by atoms with E-state index in [9.17, 15) is 5.11 Å². The normalized spacial score (nSPS) is 14.8. The molecule has 3 aromatic rings. The maximum atomic E-state index is 10.6. The number of halogens is 1. The van der Waals surface area contributed by atoms with Gasteiger partial charge in [-0.2, -0.15) is 0 Å². The quantitative estimate of drug-likeness (QED) is 0.416. The molecular weight excluding hydrogens is 406 g/mol. The Morgan fingerprint density at radius 2 is 2.04 bits per heavy atom. The zero-order valence-electron chi connectivity index (χ0n) is 15.2. The molecule has 2 heterocycles. The van der Waals surface area contributed by atoms with Gasteiger partial charge in [-0.25, -0.2) is 4.99 Å². The molecule has 5 nitrogen and oxygen atoms in total. The molecule has 0 atom stereocenters. The van der Waals surface area contributed by atoms with Crippen LogP contribution in [-0.4, -0.2) is 28.1 Å². The van der Waals surface area contributed by atoms with E-state index in [0.717, 1.165) is 33.0 Å². The van der Waals surface area contributed by atoms with Gasteiger partial charge in [0.2, 0.25) is 0 Å². The lowest BCUT2D eigenvalue weighted by Gasteiger charge is -2.06. The molecule has 0 saturated heterocycles. The van der Waals surface area contributed by atoms with Gasteiger partial charge in [-0.1, -0.05) is 53.1 Å². The summed E-state index contributed by atoms with van der Waals surface area (Å²) in [6, 6.07) is 13.6. The number of rotatable bonds is 5. The molecule has 1 aliphatic heterocycles. The summed E-state index contributed by atoms with van der Waals surface area (Å²) < 4.78 is 0.929. The Bertz CT molecular complexity index is 1070. The highest BCUT2D eigenvalue weighted by Crippen LogP contribution is 2.36. The third-order valence-corrected chi connectivity index (χ3v) is 5.03. The molecule has 0 aliphatic carbocycles. The SMILES string of the molecule is CC(C)CCON=C1C(c2c(O)[nH]c3ccc(Br)cc23)=Nc2ccccc21. The van der Waals surface area contributed by atoms with Crippen LogP contribution in [0.2, 0.25) is 0 Å². The summed E-state index contributed by atoms with van der Waals surface area (Å²) in [5, 5.41) is 15.9. The number of aromatic nitrogens is 1. The molecule has 0 saturated carbocycles. The fourth-order valence-electron chi connectivity index (χ4n) is 3.13. The number of nitrogens with one attached hydrogen (secondary N) is 1. The van der Waals surface area contributed by atoms with Crippen molar-refractivity contribution >= 4 is 43.9 Å². The molecule has 0 fully saturated rings. The summed E-state index contributed by atoms with van der Waals surface area (Å²) in [7, 11) is 0. The second-order valence-corrected chi connectivity index (χ2v) is 7.89. The van der Waals surface area contributed by atoms with Crippen molar-refractivity contribution in [2.45, 2.75) is 20.3 Å². The van der Waals surface area contributed by atoms with Gasteiger partial charge in [0, 0.05) is 20.9 Å². The standard InChI is InChI=1S/C21H20BrN3O2/c1-12(2)9-10-27-25-19-14-5-3-4-6-16(14)23-20(19)18-15-11-13(22)7-8-17(15)24-21(18)26/h3-8,11-12,24,26H,9-10H2,1-2H3. The van der Waals surface area contributed by atoms with Crippen molar-refractivity contribution in [3.8, 4) is 5.88 Å². The summed E-state index contributed by atoms with van der Waals surface area (Å²) in [6.07, 6.45) is 0.927. The zero-order valence-corrected chi connectivity index (χ0v) is 16.7. The first kappa shape index (κ1) is 17.8. The first-order chi connectivity index (χ1) is 13.0. The molecule has 6 heteroatoms. The molecule has 1 aliphatic rings. The summed E-state index contributed by atoms with van der Waals surface area (Å²) in [4.78, 5) is 13.4. The second kappa shape index (κ2) is 7.19. The van der Waals surface area contributed by atoms with Crippen molar-refractivity contribution in [1.82, 2.24) is 4.98 Å². The number of aromatic amines is 1. The molecule has 0 amide bonds. The molecule has 0 radical (unpaired) electrons. The van der Waals surface area contributed by atoms with E-state index in [4.69, 9.17) is 9.83 Å². The van der Waals surface area contributed by atoms with Gasteiger partial charge in [-0.05, 0) is 36.6 Å². The lowest BCUT2D eigenvalue weighted by molar-refractivity contribution is 0.133. The molecule has 27 heavy (non-hydrogen) atoms. The number of nitrogens with zero attached hydrogens (tertiary/aromatic N) is 2. The first-order valence-corrected chi connectivity index (χ1v) is 9.73. The second-order valence-electron chi connectivity index (χ2n) is 6.97. The van der Waals surface area contributed by atoms with E-state index in [1.54, 1.807) is 0 Å². The molecule has 138 valence electrons. The Morgan fingerprint density at radius 1 is 1.22 bits per heavy atom. The summed E-state index contributed by atoms with van der Waals surface area (Å²) in [5.74, 6) is 0.619. The van der Waals surface area contributed by atoms with Crippen LogP contribution < -0.4 is 0 Å². The maximum absolute atomic E-state index is 10.6. The van der Waals surface area contributed by atoms with Gasteiger partial charge < -0.3 is 14.9 Å². The fourth-order valence-corrected chi connectivity index (χ4v) is 3.49. The molecule has 4 rings (SSSR count). The third kappa shape index (κ3) is 3.37. The highest BCUT2D eigenvalue weighted by molar-refractivity contribution is 9.10. The topological polar surface area (TPSA) is 70.0 Å². The van der Waals surface area contributed by atoms with E-state index in [0.29, 0.717) is 29.5 Å². The van der Waals surface area contributed by atoms with Crippen LogP contribution in [-0.2, 0) is 4.84 Å². The van der Waals surface area contributed by atoms with Crippen LogP contribution in [0.15, 0.2) is 57.1 Å². The number of para-hydroxylation sites is 1. The minimum absolute atomic E-state index is 0.0736. The van der Waals surface area contributed by atoms with Crippen molar-refractivity contribution in [1.29, 1.82) is 0 Å². The number of hydrogen-bond donors (Lipinski definition) is 2. The number of aromatic hydroxyl groups is 1. The van der Waals surface area contributed by atoms with E-state index in [1.807, 2.05) is 42.5 Å². The lowest BCUT2D eigenvalue weighted by Crippen LogP contribution is -2.13. The molecule has 0 unspecified atom stereocenters. The van der Waals surface area contributed by atoms with Gasteiger partial charge in [-0.15, -0.1) is 0 Å². The van der Waals surface area contributed by atoms with Crippen molar-refractivity contribution in [2.75, 3.05) is 6.61 Å². The van der Waals surface area contributed by atoms with Crippen LogP contribution in [0.3, 0.4) is 0 Å². The highest BCUT2D eigenvalue weighted by atomic mass is 79.9. The van der Waals surface area contributed by atoms with E-state index < -0.39 is 0 Å². The first-order valence-electron chi connectivity index (χ1n) is 8.93. The number of H-pyrrole nitrogens is 1. The summed E-state index contributed by atoms with van der Waals surface area (Å²) in [6.45, 7) is 4.84. The van der Waals surface area contributed by atoms with Crippen LogP contribution in [0, 0.1) is 5.92 Å². The average molecular weight is 426 g/mol. The van der Waals surface area contributed by atoms with Gasteiger partial charge in [0.05, 0.1) is 11.3 Å². The highest BCUT2D eigenvalue weighted by Gasteiger charge is 2.29. The largest absolute Gasteiger partial charge is 0.494 e. The third-order valence-electron chi connectivity index (χ3n) is 4.54. The average Bonchev–Trinajstić information content (AvgIpc) is 3.14. The monoisotopic (exact) mass is 425 g/mol. The van der Waals surface area contributed by atoms with Crippen molar-refractivity contribution < 1.29 is 9.94 Å². The number of fused-ring (bicyclic) bond motifs is 2. The van der Waals surface area contributed by atoms with Crippen LogP contribution in [0.25, 0.3) is 10.9 Å².